The van der Waals surface area contributed by atoms with E-state index in [1.807, 2.05) is 64.2 Å². The number of amides is 1. The summed E-state index contributed by atoms with van der Waals surface area (Å²) in [5.41, 5.74) is 7.14. The zero-order valence-electron chi connectivity index (χ0n) is 30.6. The molecular weight excluding hydrogens is 700 g/mol. The van der Waals surface area contributed by atoms with Crippen LogP contribution in [0.15, 0.2) is 164 Å². The minimum Gasteiger partial charge on any atom is -0.356 e. The van der Waals surface area contributed by atoms with Crippen molar-refractivity contribution in [1.29, 1.82) is 0 Å². The molecule has 1 aliphatic rings. The van der Waals surface area contributed by atoms with E-state index in [1.54, 1.807) is 12.1 Å². The van der Waals surface area contributed by atoms with Gasteiger partial charge in [0.15, 0.2) is 12.1 Å². The molecule has 3 heterocycles. The van der Waals surface area contributed by atoms with Crippen molar-refractivity contribution >= 4 is 22.5 Å². The zero-order valence-corrected chi connectivity index (χ0v) is 30.6. The monoisotopic (exact) mass is 738 g/mol. The van der Waals surface area contributed by atoms with Crippen LogP contribution in [-0.4, -0.2) is 37.1 Å². The minimum absolute atomic E-state index is 0.129. The maximum atomic E-state index is 13.4. The molecule has 0 bridgehead atoms. The summed E-state index contributed by atoms with van der Waals surface area (Å²) in [4.78, 5) is 18.0. The van der Waals surface area contributed by atoms with Gasteiger partial charge < -0.3 is 10.1 Å². The Bertz CT molecular complexity index is 2500. The molecule has 1 atom stereocenters. The number of aromatic nitrogens is 5. The topological polar surface area (TPSA) is 86.9 Å². The predicted octanol–water partition coefficient (Wildman–Crippen LogP) is 9.82. The van der Waals surface area contributed by atoms with Gasteiger partial charge in [0.25, 0.3) is 0 Å². The summed E-state index contributed by atoms with van der Waals surface area (Å²) in [7, 11) is 0. The van der Waals surface area contributed by atoms with Gasteiger partial charge in [-0.2, -0.15) is 5.10 Å². The van der Waals surface area contributed by atoms with Crippen LogP contribution in [0.4, 0.5) is 10.1 Å². The first-order valence-corrected chi connectivity index (χ1v) is 18.9. The highest BCUT2D eigenvalue weighted by Gasteiger charge is 2.39. The van der Waals surface area contributed by atoms with Crippen LogP contribution in [0.1, 0.15) is 47.7 Å². The maximum absolute atomic E-state index is 13.4. The lowest BCUT2D eigenvalue weighted by Crippen LogP contribution is -2.38. The van der Waals surface area contributed by atoms with Gasteiger partial charge >= 0.3 is 0 Å². The second-order valence-electron chi connectivity index (χ2n) is 14.1. The lowest BCUT2D eigenvalue weighted by atomic mass is 9.77. The number of halogens is 1. The summed E-state index contributed by atoms with van der Waals surface area (Å²) in [6.45, 7) is 0.683. The Balaban J connectivity index is 1.13. The number of carbonyl (C=O) groups excluding carboxylic acids is 1. The molecule has 2 aromatic heterocycles. The third-order valence-electron chi connectivity index (χ3n) is 10.5. The quantitative estimate of drug-likeness (QED) is 0.141. The SMILES string of the molecule is O=C(Cc1ccc(F)cc1)Nc1cccc(-c2nn(C3CCCCO3)c3ccc(-c4ncn(C(c5ccccc5)(c5ccccc5)c5ccccc5)n4)cc23)c1. The summed E-state index contributed by atoms with van der Waals surface area (Å²) in [6.07, 6.45) is 4.71. The molecular formula is C47H39FN6O2. The minimum atomic E-state index is -0.797. The molecule has 1 unspecified atom stereocenters. The molecule has 0 radical (unpaired) electrons. The standard InChI is InChI=1S/C47H39FN6O2/c48-39-25-22-33(23-26-39)29-43(55)50-40-20-12-13-34(30-40)45-41-31-35(24-27-42(41)54(51-45)44-21-10-11-28-56-44)46-49-32-53(52-46)47(36-14-4-1-5-15-36,37-16-6-2-7-17-37)38-18-8-3-9-19-38/h1-9,12-20,22-27,30-32,44H,10-11,21,28-29H2,(H,50,55). The molecule has 276 valence electrons. The Morgan fingerprint density at radius 2 is 1.41 bits per heavy atom. The van der Waals surface area contributed by atoms with Gasteiger partial charge in [0, 0.05) is 28.8 Å². The van der Waals surface area contributed by atoms with Gasteiger partial charge in [-0.25, -0.2) is 18.7 Å². The van der Waals surface area contributed by atoms with Crippen LogP contribution in [0.5, 0.6) is 0 Å². The third-order valence-corrected chi connectivity index (χ3v) is 10.5. The fourth-order valence-electron chi connectivity index (χ4n) is 7.86. The molecule has 1 amide bonds. The summed E-state index contributed by atoms with van der Waals surface area (Å²) >= 11 is 0. The lowest BCUT2D eigenvalue weighted by Gasteiger charge is -2.35. The van der Waals surface area contributed by atoms with E-state index >= 15 is 0 Å². The molecule has 0 saturated carbocycles. The van der Waals surface area contributed by atoms with Crippen molar-refractivity contribution in [1.82, 2.24) is 24.5 Å². The van der Waals surface area contributed by atoms with E-state index in [-0.39, 0.29) is 24.4 Å². The average molecular weight is 739 g/mol. The van der Waals surface area contributed by atoms with E-state index in [0.29, 0.717) is 18.1 Å². The molecule has 8 aromatic rings. The zero-order chi connectivity index (χ0) is 37.9. The highest BCUT2D eigenvalue weighted by Crippen LogP contribution is 2.41. The number of anilines is 1. The van der Waals surface area contributed by atoms with Gasteiger partial charge in [-0.05, 0) is 84.0 Å². The third kappa shape index (κ3) is 6.67. The number of hydrogen-bond donors (Lipinski definition) is 1. The number of ether oxygens (including phenoxy) is 1. The molecule has 0 spiro atoms. The molecule has 1 N–H and O–H groups in total. The second-order valence-corrected chi connectivity index (χ2v) is 14.1. The van der Waals surface area contributed by atoms with Gasteiger partial charge in [0.05, 0.1) is 11.9 Å². The predicted molar refractivity (Wildman–Crippen MR) is 216 cm³/mol. The summed E-state index contributed by atoms with van der Waals surface area (Å²) in [5.74, 6) is 0.0499. The van der Waals surface area contributed by atoms with Crippen LogP contribution in [0.3, 0.4) is 0 Å². The fraction of sp³-hybridized carbons (Fsp3) is 0.149. The van der Waals surface area contributed by atoms with E-state index in [1.165, 1.54) is 12.1 Å². The number of rotatable bonds is 10. The largest absolute Gasteiger partial charge is 0.356 e. The second kappa shape index (κ2) is 15.2. The van der Waals surface area contributed by atoms with E-state index < -0.39 is 5.54 Å². The highest BCUT2D eigenvalue weighted by atomic mass is 19.1. The van der Waals surface area contributed by atoms with Gasteiger partial charge in [-0.1, -0.05) is 115 Å². The molecule has 8 nitrogen and oxygen atoms in total. The van der Waals surface area contributed by atoms with Gasteiger partial charge in [-0.15, -0.1) is 5.10 Å². The van der Waals surface area contributed by atoms with Gasteiger partial charge in [0.2, 0.25) is 5.91 Å². The normalized spacial score (nSPS) is 14.5. The molecule has 56 heavy (non-hydrogen) atoms. The van der Waals surface area contributed by atoms with Crippen molar-refractivity contribution in [3.63, 3.8) is 0 Å². The number of hydrogen-bond acceptors (Lipinski definition) is 5. The Hall–Kier alpha value is -6.71. The Kier molecular flexibility index (Phi) is 9.51. The van der Waals surface area contributed by atoms with Crippen LogP contribution in [0.25, 0.3) is 33.5 Å². The fourth-order valence-corrected chi connectivity index (χ4v) is 7.86. The summed E-state index contributed by atoms with van der Waals surface area (Å²) in [5, 5.41) is 14.4. The van der Waals surface area contributed by atoms with E-state index in [4.69, 9.17) is 19.9 Å². The lowest BCUT2D eigenvalue weighted by molar-refractivity contribution is -0.115. The number of nitrogens with zero attached hydrogens (tertiary/aromatic N) is 5. The Morgan fingerprint density at radius 3 is 2.05 bits per heavy atom. The van der Waals surface area contributed by atoms with Gasteiger partial charge in [0.1, 0.15) is 23.4 Å². The number of benzene rings is 6. The van der Waals surface area contributed by atoms with Crippen molar-refractivity contribution in [2.45, 2.75) is 37.5 Å². The van der Waals surface area contributed by atoms with Crippen LogP contribution in [-0.2, 0) is 21.5 Å². The summed E-state index contributed by atoms with van der Waals surface area (Å²) < 4.78 is 23.6. The molecule has 9 heteroatoms. The molecule has 1 saturated heterocycles. The van der Waals surface area contributed by atoms with E-state index in [0.717, 1.165) is 69.2 Å². The maximum Gasteiger partial charge on any atom is 0.228 e. The van der Waals surface area contributed by atoms with Crippen LogP contribution < -0.4 is 5.32 Å². The van der Waals surface area contributed by atoms with Crippen molar-refractivity contribution in [3.8, 4) is 22.6 Å². The number of carbonyl (C=O) groups is 1. The molecule has 6 aromatic carbocycles. The first-order chi connectivity index (χ1) is 27.6. The first-order valence-electron chi connectivity index (χ1n) is 18.9. The summed E-state index contributed by atoms with van der Waals surface area (Å²) in [6, 6.07) is 51.2. The van der Waals surface area contributed by atoms with Crippen molar-refractivity contribution in [3.05, 3.63) is 192 Å². The van der Waals surface area contributed by atoms with Crippen molar-refractivity contribution in [2.75, 3.05) is 11.9 Å². The van der Waals surface area contributed by atoms with E-state index in [2.05, 4.69) is 90.2 Å². The van der Waals surface area contributed by atoms with Gasteiger partial charge in [-0.3, -0.25) is 4.79 Å². The molecule has 1 fully saturated rings. The number of nitrogens with one attached hydrogen (secondary N) is 1. The number of fused-ring (bicyclic) bond motifs is 1. The smallest absolute Gasteiger partial charge is 0.228 e. The van der Waals surface area contributed by atoms with E-state index in [9.17, 15) is 9.18 Å². The van der Waals surface area contributed by atoms with Crippen LogP contribution >= 0.6 is 0 Å². The molecule has 0 aliphatic carbocycles. The van der Waals surface area contributed by atoms with Crippen LogP contribution in [0.2, 0.25) is 0 Å². The van der Waals surface area contributed by atoms with Crippen LogP contribution in [0, 0.1) is 5.82 Å². The first kappa shape index (κ1) is 35.0. The molecule has 1 aliphatic heterocycles. The Labute approximate surface area is 324 Å². The average Bonchev–Trinajstić information content (AvgIpc) is 3.90. The van der Waals surface area contributed by atoms with Crippen molar-refractivity contribution in [2.24, 2.45) is 0 Å². The Morgan fingerprint density at radius 1 is 0.732 bits per heavy atom. The molecule has 9 rings (SSSR count). The van der Waals surface area contributed by atoms with Crippen molar-refractivity contribution < 1.29 is 13.9 Å². The highest BCUT2D eigenvalue weighted by molar-refractivity contribution is 5.97.